The number of para-hydroxylation sites is 1. The molecule has 1 aromatic carbocycles. The molecule has 2 N–H and O–H groups in total. The molecule has 6 nitrogen and oxygen atoms in total. The number of aliphatic hydroxyl groups excluding tert-OH is 1. The van der Waals surface area contributed by atoms with Crippen LogP contribution in [0, 0.1) is 0 Å². The number of benzene rings is 1. The van der Waals surface area contributed by atoms with Crippen LogP contribution in [0.15, 0.2) is 43.0 Å². The highest BCUT2D eigenvalue weighted by molar-refractivity contribution is 5.81. The van der Waals surface area contributed by atoms with Gasteiger partial charge in [-0.25, -0.2) is 4.79 Å². The molecule has 6 heteroatoms. The van der Waals surface area contributed by atoms with E-state index in [4.69, 9.17) is 9.84 Å². The summed E-state index contributed by atoms with van der Waals surface area (Å²) >= 11 is 0. The lowest BCUT2D eigenvalue weighted by atomic mass is 10.2. The Morgan fingerprint density at radius 1 is 1.35 bits per heavy atom. The Hall–Kier alpha value is -2.34. The van der Waals surface area contributed by atoms with Crippen LogP contribution >= 0.6 is 0 Å². The number of carbonyl (C=O) groups is 2. The lowest BCUT2D eigenvalue weighted by molar-refractivity contribution is -0.141. The second-order valence-electron chi connectivity index (χ2n) is 4.10. The van der Waals surface area contributed by atoms with Crippen molar-refractivity contribution < 1.29 is 24.5 Å². The summed E-state index contributed by atoms with van der Waals surface area (Å²) in [5, 5.41) is 18.7. The molecule has 1 rings (SSSR count). The van der Waals surface area contributed by atoms with Crippen molar-refractivity contribution in [3.63, 3.8) is 0 Å². The fraction of sp³-hybridized carbons (Fsp3) is 0.286. The Labute approximate surface area is 116 Å². The van der Waals surface area contributed by atoms with Crippen molar-refractivity contribution in [1.29, 1.82) is 0 Å². The van der Waals surface area contributed by atoms with Crippen LogP contribution in [0.25, 0.3) is 0 Å². The molecule has 108 valence electrons. The first-order chi connectivity index (χ1) is 9.52. The van der Waals surface area contributed by atoms with Crippen LogP contribution in [0.3, 0.4) is 0 Å². The van der Waals surface area contributed by atoms with Gasteiger partial charge >= 0.3 is 11.9 Å². The van der Waals surface area contributed by atoms with Crippen LogP contribution in [-0.4, -0.2) is 48.0 Å². The first-order valence-corrected chi connectivity index (χ1v) is 6.02. The third-order valence-electron chi connectivity index (χ3n) is 2.46. The third-order valence-corrected chi connectivity index (χ3v) is 2.46. The molecule has 0 bridgehead atoms. The average Bonchev–Trinajstić information content (AvgIpc) is 2.44. The molecule has 0 spiro atoms. The number of hydrogen-bond donors (Lipinski definition) is 2. The van der Waals surface area contributed by atoms with Gasteiger partial charge in [-0.05, 0) is 12.1 Å². The van der Waals surface area contributed by atoms with E-state index in [0.717, 1.165) is 6.08 Å². The number of carboxylic acid groups (broad SMARTS) is 1. The highest BCUT2D eigenvalue weighted by Gasteiger charge is 2.16. The normalized spacial score (nSPS) is 11.4. The van der Waals surface area contributed by atoms with Crippen LogP contribution in [-0.2, 0) is 14.3 Å². The smallest absolute Gasteiger partial charge is 0.330 e. The van der Waals surface area contributed by atoms with Crippen molar-refractivity contribution in [2.24, 2.45) is 0 Å². The molecule has 0 aromatic heterocycles. The van der Waals surface area contributed by atoms with E-state index in [2.05, 4.69) is 6.58 Å². The molecule has 1 unspecified atom stereocenters. The molecule has 0 saturated carbocycles. The fourth-order valence-corrected chi connectivity index (χ4v) is 1.61. The lowest BCUT2D eigenvalue weighted by Crippen LogP contribution is -2.38. The summed E-state index contributed by atoms with van der Waals surface area (Å²) in [5.74, 6) is -1.64. The quantitative estimate of drug-likeness (QED) is 0.537. The van der Waals surface area contributed by atoms with E-state index < -0.39 is 18.0 Å². The topological polar surface area (TPSA) is 87.1 Å². The number of aliphatic carboxylic acids is 1. The number of esters is 1. The van der Waals surface area contributed by atoms with Gasteiger partial charge in [-0.3, -0.25) is 4.79 Å². The molecule has 0 aliphatic carbocycles. The van der Waals surface area contributed by atoms with Crippen LogP contribution in [0.2, 0.25) is 0 Å². The van der Waals surface area contributed by atoms with Gasteiger partial charge < -0.3 is 19.8 Å². The Morgan fingerprint density at radius 2 is 2.00 bits per heavy atom. The Morgan fingerprint density at radius 3 is 2.55 bits per heavy atom. The summed E-state index contributed by atoms with van der Waals surface area (Å²) in [7, 11) is 0. The molecule has 0 aliphatic heterocycles. The van der Waals surface area contributed by atoms with Gasteiger partial charge in [-0.1, -0.05) is 24.8 Å². The SMILES string of the molecule is C=CC(=O)OCC(O)CN(CC(=O)O)c1ccccc1. The molecule has 0 heterocycles. The van der Waals surface area contributed by atoms with Gasteiger partial charge in [-0.15, -0.1) is 0 Å². The van der Waals surface area contributed by atoms with Gasteiger partial charge in [0.25, 0.3) is 0 Å². The second-order valence-corrected chi connectivity index (χ2v) is 4.10. The average molecular weight is 279 g/mol. The first-order valence-electron chi connectivity index (χ1n) is 6.02. The molecule has 0 radical (unpaired) electrons. The summed E-state index contributed by atoms with van der Waals surface area (Å²) in [4.78, 5) is 23.2. The van der Waals surface area contributed by atoms with Crippen LogP contribution in [0.1, 0.15) is 0 Å². The minimum atomic E-state index is -1.01. The minimum absolute atomic E-state index is 0.0424. The van der Waals surface area contributed by atoms with Crippen molar-refractivity contribution >= 4 is 17.6 Å². The molecular weight excluding hydrogens is 262 g/mol. The fourth-order valence-electron chi connectivity index (χ4n) is 1.61. The van der Waals surface area contributed by atoms with Crippen molar-refractivity contribution in [2.75, 3.05) is 24.6 Å². The molecular formula is C14H17NO5. The molecule has 0 amide bonds. The zero-order valence-corrected chi connectivity index (χ0v) is 10.9. The summed E-state index contributed by atoms with van der Waals surface area (Å²) < 4.78 is 4.71. The van der Waals surface area contributed by atoms with E-state index in [1.807, 2.05) is 6.07 Å². The number of ether oxygens (including phenoxy) is 1. The largest absolute Gasteiger partial charge is 0.480 e. The van der Waals surface area contributed by atoms with Crippen molar-refractivity contribution in [2.45, 2.75) is 6.10 Å². The van der Waals surface area contributed by atoms with Crippen molar-refractivity contribution in [3.8, 4) is 0 Å². The standard InChI is InChI=1S/C14H17NO5/c1-2-14(19)20-10-12(16)8-15(9-13(17)18)11-6-4-3-5-7-11/h2-7,12,16H,1,8-10H2,(H,17,18). The number of carboxylic acids is 1. The zero-order valence-electron chi connectivity index (χ0n) is 10.9. The van der Waals surface area contributed by atoms with Gasteiger partial charge in [0, 0.05) is 18.3 Å². The molecule has 0 aliphatic rings. The maximum Gasteiger partial charge on any atom is 0.330 e. The number of aliphatic hydroxyl groups is 1. The highest BCUT2D eigenvalue weighted by atomic mass is 16.5. The van der Waals surface area contributed by atoms with Crippen LogP contribution in [0.4, 0.5) is 5.69 Å². The maximum atomic E-state index is 10.9. The lowest BCUT2D eigenvalue weighted by Gasteiger charge is -2.25. The number of carbonyl (C=O) groups excluding carboxylic acids is 1. The number of anilines is 1. The predicted octanol–water partition coefficient (Wildman–Crippen LogP) is 0.668. The first kappa shape index (κ1) is 15.7. The molecule has 20 heavy (non-hydrogen) atoms. The van der Waals surface area contributed by atoms with Gasteiger partial charge in [0.2, 0.25) is 0 Å². The molecule has 1 aromatic rings. The maximum absolute atomic E-state index is 10.9. The minimum Gasteiger partial charge on any atom is -0.480 e. The van der Waals surface area contributed by atoms with Crippen molar-refractivity contribution in [1.82, 2.24) is 0 Å². The zero-order chi connectivity index (χ0) is 15.0. The monoisotopic (exact) mass is 279 g/mol. The third kappa shape index (κ3) is 5.53. The van der Waals surface area contributed by atoms with E-state index in [9.17, 15) is 14.7 Å². The summed E-state index contributed by atoms with van der Waals surface area (Å²) in [6.07, 6.45) is 0.0114. The van der Waals surface area contributed by atoms with E-state index in [0.29, 0.717) is 5.69 Å². The van der Waals surface area contributed by atoms with E-state index in [1.54, 1.807) is 24.3 Å². The van der Waals surface area contributed by atoms with Crippen LogP contribution < -0.4 is 4.90 Å². The van der Waals surface area contributed by atoms with Gasteiger partial charge in [0.1, 0.15) is 19.3 Å². The summed E-state index contributed by atoms with van der Waals surface area (Å²) in [5.41, 5.74) is 0.670. The number of nitrogens with zero attached hydrogens (tertiary/aromatic N) is 1. The van der Waals surface area contributed by atoms with E-state index >= 15 is 0 Å². The van der Waals surface area contributed by atoms with E-state index in [1.165, 1.54) is 4.90 Å². The van der Waals surface area contributed by atoms with Gasteiger partial charge in [0.15, 0.2) is 0 Å². The van der Waals surface area contributed by atoms with Gasteiger partial charge in [-0.2, -0.15) is 0 Å². The van der Waals surface area contributed by atoms with Crippen LogP contribution in [0.5, 0.6) is 0 Å². The molecule has 0 fully saturated rings. The second kappa shape index (κ2) is 7.96. The highest BCUT2D eigenvalue weighted by Crippen LogP contribution is 2.13. The van der Waals surface area contributed by atoms with E-state index in [-0.39, 0.29) is 19.7 Å². The Bertz CT molecular complexity index is 460. The Kier molecular flexibility index (Phi) is 6.25. The predicted molar refractivity (Wildman–Crippen MR) is 73.5 cm³/mol. The summed E-state index contributed by atoms with van der Waals surface area (Å²) in [6, 6.07) is 8.84. The number of rotatable bonds is 8. The van der Waals surface area contributed by atoms with Crippen molar-refractivity contribution in [3.05, 3.63) is 43.0 Å². The Balaban J connectivity index is 2.63. The molecule has 0 saturated heterocycles. The number of hydrogen-bond acceptors (Lipinski definition) is 5. The molecule has 1 atom stereocenters. The van der Waals surface area contributed by atoms with Gasteiger partial charge in [0.05, 0.1) is 0 Å². The summed E-state index contributed by atoms with van der Waals surface area (Å²) in [6.45, 7) is 2.82.